The first-order chi connectivity index (χ1) is 15.9. The number of amides is 1. The molecule has 1 saturated carbocycles. The largest absolute Gasteiger partial charge is 0.368 e. The van der Waals surface area contributed by atoms with Crippen LogP contribution in [0.1, 0.15) is 41.1 Å². The Morgan fingerprint density at radius 3 is 2.76 bits per heavy atom. The van der Waals surface area contributed by atoms with Gasteiger partial charge in [-0.05, 0) is 51.3 Å². The van der Waals surface area contributed by atoms with Crippen LogP contribution in [0.15, 0.2) is 36.7 Å². The van der Waals surface area contributed by atoms with Crippen molar-refractivity contribution in [3.8, 4) is 0 Å². The van der Waals surface area contributed by atoms with Gasteiger partial charge in [-0.2, -0.15) is 5.10 Å². The molecule has 0 bridgehead atoms. The van der Waals surface area contributed by atoms with Gasteiger partial charge in [0.15, 0.2) is 11.5 Å². The summed E-state index contributed by atoms with van der Waals surface area (Å²) in [5.74, 6) is -0.834. The summed E-state index contributed by atoms with van der Waals surface area (Å²) in [6, 6.07) is 8.27. The number of hydrogen-bond donors (Lipinski definition) is 2. The van der Waals surface area contributed by atoms with E-state index in [0.717, 1.165) is 36.4 Å². The Balaban J connectivity index is 1.29. The maximum atomic E-state index is 14.4. The van der Waals surface area contributed by atoms with E-state index in [-0.39, 0.29) is 11.6 Å². The summed E-state index contributed by atoms with van der Waals surface area (Å²) in [5.41, 5.74) is 4.52. The highest BCUT2D eigenvalue weighted by Crippen LogP contribution is 2.29. The molecule has 0 aromatic carbocycles. The zero-order chi connectivity index (χ0) is 22.7. The predicted molar refractivity (Wildman–Crippen MR) is 125 cm³/mol. The fraction of sp³-hybridized carbons (Fsp3) is 0.375. The summed E-state index contributed by atoms with van der Waals surface area (Å²) in [4.78, 5) is 19.7. The summed E-state index contributed by atoms with van der Waals surface area (Å²) >= 11 is 0. The van der Waals surface area contributed by atoms with E-state index in [1.165, 1.54) is 18.9 Å². The molecule has 1 saturated heterocycles. The van der Waals surface area contributed by atoms with Crippen LogP contribution in [0.4, 0.5) is 15.8 Å². The SMILES string of the molecule is Cc1cn2cc(NC(=O)c3ccc(N4CCC(NC5CC5)C4)c4cc(C)nn34)cc(F)c2n1. The molecule has 1 aliphatic carbocycles. The normalized spacial score (nSPS) is 18.5. The van der Waals surface area contributed by atoms with Crippen molar-refractivity contribution in [1.29, 1.82) is 0 Å². The molecular formula is C24H26FN7O. The van der Waals surface area contributed by atoms with Crippen molar-refractivity contribution in [2.24, 2.45) is 0 Å². The number of nitrogens with zero attached hydrogens (tertiary/aromatic N) is 5. The van der Waals surface area contributed by atoms with Crippen LogP contribution in [0.2, 0.25) is 0 Å². The van der Waals surface area contributed by atoms with E-state index >= 15 is 0 Å². The van der Waals surface area contributed by atoms with Crippen LogP contribution in [0.5, 0.6) is 0 Å². The number of hydrogen-bond acceptors (Lipinski definition) is 5. The van der Waals surface area contributed by atoms with Gasteiger partial charge in [0.05, 0.1) is 28.3 Å². The van der Waals surface area contributed by atoms with Gasteiger partial charge >= 0.3 is 0 Å². The second-order valence-corrected chi connectivity index (χ2v) is 9.20. The minimum atomic E-state index is -0.486. The Kier molecular flexibility index (Phi) is 4.62. The highest BCUT2D eigenvalue weighted by Gasteiger charge is 2.30. The van der Waals surface area contributed by atoms with Gasteiger partial charge in [0.2, 0.25) is 0 Å². The zero-order valence-corrected chi connectivity index (χ0v) is 18.7. The lowest BCUT2D eigenvalue weighted by Gasteiger charge is -2.21. The van der Waals surface area contributed by atoms with E-state index in [0.29, 0.717) is 29.2 Å². The molecule has 9 heteroatoms. The number of imidazole rings is 1. The highest BCUT2D eigenvalue weighted by atomic mass is 19.1. The molecule has 1 amide bonds. The zero-order valence-electron chi connectivity index (χ0n) is 18.7. The number of fused-ring (bicyclic) bond motifs is 2. The lowest BCUT2D eigenvalue weighted by atomic mass is 10.2. The van der Waals surface area contributed by atoms with Crippen LogP contribution < -0.4 is 15.5 Å². The molecule has 4 aromatic heterocycles. The van der Waals surface area contributed by atoms with Crippen LogP contribution in [-0.2, 0) is 0 Å². The second-order valence-electron chi connectivity index (χ2n) is 9.20. The van der Waals surface area contributed by atoms with Crippen molar-refractivity contribution < 1.29 is 9.18 Å². The number of aromatic nitrogens is 4. The van der Waals surface area contributed by atoms with Gasteiger partial charge in [0.25, 0.3) is 5.91 Å². The molecular weight excluding hydrogens is 421 g/mol. The van der Waals surface area contributed by atoms with Gasteiger partial charge < -0.3 is 19.9 Å². The van der Waals surface area contributed by atoms with Gasteiger partial charge in [-0.1, -0.05) is 0 Å². The van der Waals surface area contributed by atoms with Crippen molar-refractivity contribution in [3.05, 3.63) is 59.6 Å². The summed E-state index contributed by atoms with van der Waals surface area (Å²) in [7, 11) is 0. The van der Waals surface area contributed by atoms with Crippen molar-refractivity contribution in [3.63, 3.8) is 0 Å². The number of rotatable bonds is 5. The standard InChI is InChI=1S/C24H26FN7O/c1-14-9-22-20(30-8-7-17(12-30)27-16-3-4-16)5-6-21(32(22)29-14)24(33)28-18-10-19(25)23-26-15(2)11-31(23)13-18/h5-6,9-11,13,16-17,27H,3-4,7-8,12H2,1-2H3,(H,28,33). The number of pyridine rings is 2. The molecule has 33 heavy (non-hydrogen) atoms. The van der Waals surface area contributed by atoms with Crippen LogP contribution in [0.3, 0.4) is 0 Å². The first-order valence-electron chi connectivity index (χ1n) is 11.4. The Morgan fingerprint density at radius 1 is 1.09 bits per heavy atom. The van der Waals surface area contributed by atoms with Gasteiger partial charge in [-0.25, -0.2) is 13.9 Å². The molecule has 1 aliphatic heterocycles. The maximum Gasteiger partial charge on any atom is 0.274 e. The fourth-order valence-corrected chi connectivity index (χ4v) is 4.76. The fourth-order valence-electron chi connectivity index (χ4n) is 4.76. The molecule has 0 spiro atoms. The second kappa shape index (κ2) is 7.55. The average molecular weight is 448 g/mol. The van der Waals surface area contributed by atoms with Crippen molar-refractivity contribution in [2.45, 2.75) is 45.2 Å². The lowest BCUT2D eigenvalue weighted by Crippen LogP contribution is -2.34. The van der Waals surface area contributed by atoms with Crippen molar-refractivity contribution in [2.75, 3.05) is 23.3 Å². The molecule has 2 N–H and O–H groups in total. The van der Waals surface area contributed by atoms with Crippen LogP contribution in [0, 0.1) is 19.7 Å². The molecule has 170 valence electrons. The van der Waals surface area contributed by atoms with E-state index in [2.05, 4.69) is 25.6 Å². The number of anilines is 2. The topological polar surface area (TPSA) is 79.0 Å². The third kappa shape index (κ3) is 3.72. The Hall–Kier alpha value is -3.46. The third-order valence-corrected chi connectivity index (χ3v) is 6.42. The van der Waals surface area contributed by atoms with Gasteiger partial charge in [0, 0.05) is 43.6 Å². The van der Waals surface area contributed by atoms with Crippen LogP contribution in [0.25, 0.3) is 11.2 Å². The highest BCUT2D eigenvalue weighted by molar-refractivity contribution is 6.04. The quantitative estimate of drug-likeness (QED) is 0.491. The molecule has 5 heterocycles. The number of aryl methyl sites for hydroxylation is 2. The summed E-state index contributed by atoms with van der Waals surface area (Å²) < 4.78 is 17.7. The van der Waals surface area contributed by atoms with E-state index in [9.17, 15) is 9.18 Å². The van der Waals surface area contributed by atoms with Gasteiger partial charge in [-0.15, -0.1) is 0 Å². The molecule has 8 nitrogen and oxygen atoms in total. The first-order valence-corrected chi connectivity index (χ1v) is 11.4. The number of halogens is 1. The molecule has 2 fully saturated rings. The Morgan fingerprint density at radius 2 is 1.94 bits per heavy atom. The Labute approximate surface area is 190 Å². The summed E-state index contributed by atoms with van der Waals surface area (Å²) in [6.07, 6.45) is 7.06. The van der Waals surface area contributed by atoms with Crippen LogP contribution in [-0.4, -0.2) is 50.1 Å². The molecule has 2 aliphatic rings. The first kappa shape index (κ1) is 20.2. The maximum absolute atomic E-state index is 14.4. The van der Waals surface area contributed by atoms with E-state index < -0.39 is 5.82 Å². The van der Waals surface area contributed by atoms with Crippen molar-refractivity contribution in [1.82, 2.24) is 24.3 Å². The smallest absolute Gasteiger partial charge is 0.274 e. The molecule has 1 atom stereocenters. The minimum Gasteiger partial charge on any atom is -0.368 e. The van der Waals surface area contributed by atoms with E-state index in [1.54, 1.807) is 34.3 Å². The monoisotopic (exact) mass is 447 g/mol. The van der Waals surface area contributed by atoms with E-state index in [4.69, 9.17) is 0 Å². The molecule has 4 aromatic rings. The van der Waals surface area contributed by atoms with Gasteiger partial charge in [-0.3, -0.25) is 4.79 Å². The summed E-state index contributed by atoms with van der Waals surface area (Å²) in [5, 5.41) is 11.1. The average Bonchev–Trinajstić information content (AvgIpc) is 3.13. The molecule has 0 radical (unpaired) electrons. The third-order valence-electron chi connectivity index (χ3n) is 6.42. The number of carbonyl (C=O) groups is 1. The van der Waals surface area contributed by atoms with Gasteiger partial charge in [0.1, 0.15) is 5.69 Å². The van der Waals surface area contributed by atoms with Crippen LogP contribution >= 0.6 is 0 Å². The number of carbonyl (C=O) groups excluding carboxylic acids is 1. The minimum absolute atomic E-state index is 0.236. The lowest BCUT2D eigenvalue weighted by molar-refractivity contribution is 0.102. The van der Waals surface area contributed by atoms with Crippen molar-refractivity contribution >= 4 is 28.4 Å². The van der Waals surface area contributed by atoms with E-state index in [1.807, 2.05) is 19.1 Å². The Bertz CT molecular complexity index is 1390. The predicted octanol–water partition coefficient (Wildman–Crippen LogP) is 3.32. The molecule has 6 rings (SSSR count). The summed E-state index contributed by atoms with van der Waals surface area (Å²) in [6.45, 7) is 5.64. The molecule has 1 unspecified atom stereocenters. The number of nitrogens with one attached hydrogen (secondary N) is 2.